The van der Waals surface area contributed by atoms with Gasteiger partial charge in [0.1, 0.15) is 5.88 Å². The Bertz CT molecular complexity index is 387. The van der Waals surface area contributed by atoms with Crippen molar-refractivity contribution >= 4 is 17.5 Å². The van der Waals surface area contributed by atoms with Gasteiger partial charge < -0.3 is 4.90 Å². The number of amides is 1. The first-order valence-electron chi connectivity index (χ1n) is 5.94. The van der Waals surface area contributed by atoms with Crippen LogP contribution in [0.3, 0.4) is 0 Å². The van der Waals surface area contributed by atoms with Crippen molar-refractivity contribution in [1.29, 1.82) is 0 Å². The van der Waals surface area contributed by atoms with Crippen LogP contribution in [0.15, 0.2) is 18.3 Å². The molecule has 1 aromatic rings. The van der Waals surface area contributed by atoms with Gasteiger partial charge in [0.05, 0.1) is 0 Å². The summed E-state index contributed by atoms with van der Waals surface area (Å²) in [4.78, 5) is 17.8. The number of aryl methyl sites for hydroxylation is 1. The van der Waals surface area contributed by atoms with Crippen LogP contribution < -0.4 is 0 Å². The summed E-state index contributed by atoms with van der Waals surface area (Å²) in [6.07, 6.45) is 4.30. The van der Waals surface area contributed by atoms with Gasteiger partial charge in [-0.25, -0.2) is 0 Å². The third kappa shape index (κ3) is 3.70. The molecule has 1 aromatic heterocycles. The van der Waals surface area contributed by atoms with Gasteiger partial charge in [-0.1, -0.05) is 6.07 Å². The summed E-state index contributed by atoms with van der Waals surface area (Å²) < 4.78 is 0. The van der Waals surface area contributed by atoms with Crippen molar-refractivity contribution < 1.29 is 4.79 Å². The number of hydrogen-bond donors (Lipinski definition) is 0. The Kier molecular flexibility index (Phi) is 4.00. The van der Waals surface area contributed by atoms with Crippen LogP contribution in [-0.4, -0.2) is 28.2 Å². The van der Waals surface area contributed by atoms with E-state index in [4.69, 9.17) is 11.6 Å². The quantitative estimate of drug-likeness (QED) is 0.754. The van der Waals surface area contributed by atoms with Gasteiger partial charge >= 0.3 is 0 Å². The van der Waals surface area contributed by atoms with E-state index in [-0.39, 0.29) is 11.8 Å². The maximum absolute atomic E-state index is 11.7. The van der Waals surface area contributed by atoms with E-state index in [0.29, 0.717) is 12.5 Å². The Morgan fingerprint density at radius 3 is 2.82 bits per heavy atom. The van der Waals surface area contributed by atoms with Gasteiger partial charge in [-0.2, -0.15) is 0 Å². The maximum atomic E-state index is 11.7. The largest absolute Gasteiger partial charge is 0.337 e. The zero-order chi connectivity index (χ0) is 12.3. The third-order valence-corrected chi connectivity index (χ3v) is 3.22. The Morgan fingerprint density at radius 2 is 2.29 bits per heavy atom. The van der Waals surface area contributed by atoms with Crippen molar-refractivity contribution in [3.05, 3.63) is 29.6 Å². The van der Waals surface area contributed by atoms with Gasteiger partial charge in [0.15, 0.2) is 0 Å². The number of halogens is 1. The molecule has 0 atom stereocenters. The Morgan fingerprint density at radius 1 is 1.53 bits per heavy atom. The molecule has 0 unspecified atom stereocenters. The molecule has 1 saturated carbocycles. The summed E-state index contributed by atoms with van der Waals surface area (Å²) in [5.41, 5.74) is 2.06. The van der Waals surface area contributed by atoms with Crippen LogP contribution in [0.2, 0.25) is 0 Å². The second-order valence-electron chi connectivity index (χ2n) is 4.66. The molecule has 1 aliphatic rings. The predicted molar refractivity (Wildman–Crippen MR) is 67.8 cm³/mol. The predicted octanol–water partition coefficient (Wildman–Crippen LogP) is 2.37. The van der Waals surface area contributed by atoms with E-state index in [0.717, 1.165) is 17.8 Å². The smallest absolute Gasteiger partial charge is 0.237 e. The lowest BCUT2D eigenvalue weighted by atomic mass is 10.2. The highest BCUT2D eigenvalue weighted by molar-refractivity contribution is 6.27. The average molecular weight is 253 g/mol. The molecule has 0 radical (unpaired) electrons. The van der Waals surface area contributed by atoms with Crippen LogP contribution in [0.4, 0.5) is 0 Å². The molecule has 0 saturated heterocycles. The fourth-order valence-electron chi connectivity index (χ4n) is 1.76. The van der Waals surface area contributed by atoms with E-state index < -0.39 is 0 Å². The molecule has 0 spiro atoms. The zero-order valence-electron chi connectivity index (χ0n) is 10.0. The summed E-state index contributed by atoms with van der Waals surface area (Å²) in [6, 6.07) is 3.99. The first kappa shape index (κ1) is 12.4. The highest BCUT2D eigenvalue weighted by Gasteiger charge is 2.26. The minimum absolute atomic E-state index is 0.0131. The van der Waals surface area contributed by atoms with Gasteiger partial charge in [-0.05, 0) is 37.3 Å². The molecule has 2 rings (SSSR count). The number of pyridine rings is 1. The fraction of sp³-hybridized carbons (Fsp3) is 0.538. The molecule has 3 nitrogen and oxygen atoms in total. The first-order valence-corrected chi connectivity index (χ1v) is 6.47. The highest BCUT2D eigenvalue weighted by atomic mass is 35.5. The molecule has 1 aliphatic carbocycles. The van der Waals surface area contributed by atoms with E-state index in [2.05, 4.69) is 4.98 Å². The summed E-state index contributed by atoms with van der Waals surface area (Å²) >= 11 is 5.64. The number of hydrogen-bond acceptors (Lipinski definition) is 2. The van der Waals surface area contributed by atoms with Crippen molar-refractivity contribution in [3.8, 4) is 0 Å². The van der Waals surface area contributed by atoms with Crippen molar-refractivity contribution in [2.75, 3.05) is 12.4 Å². The highest BCUT2D eigenvalue weighted by Crippen LogP contribution is 2.30. The lowest BCUT2D eigenvalue weighted by Crippen LogP contribution is -2.33. The van der Waals surface area contributed by atoms with Crippen LogP contribution in [0.5, 0.6) is 0 Å². The van der Waals surface area contributed by atoms with E-state index in [1.807, 2.05) is 30.2 Å². The van der Waals surface area contributed by atoms with Crippen LogP contribution >= 0.6 is 11.6 Å². The SMILES string of the molecule is Cc1ccc(CN(CC2CC2)C(=O)CCl)cn1. The van der Waals surface area contributed by atoms with E-state index in [1.54, 1.807) is 0 Å². The van der Waals surface area contributed by atoms with Crippen molar-refractivity contribution in [3.63, 3.8) is 0 Å². The van der Waals surface area contributed by atoms with Gasteiger partial charge in [0.2, 0.25) is 5.91 Å². The fourth-order valence-corrected chi connectivity index (χ4v) is 1.93. The lowest BCUT2D eigenvalue weighted by Gasteiger charge is -2.21. The van der Waals surface area contributed by atoms with Crippen LogP contribution in [-0.2, 0) is 11.3 Å². The topological polar surface area (TPSA) is 33.2 Å². The van der Waals surface area contributed by atoms with E-state index >= 15 is 0 Å². The molecule has 0 aliphatic heterocycles. The monoisotopic (exact) mass is 252 g/mol. The number of nitrogens with zero attached hydrogens (tertiary/aromatic N) is 2. The number of carbonyl (C=O) groups is 1. The third-order valence-electron chi connectivity index (χ3n) is 2.99. The number of aromatic nitrogens is 1. The van der Waals surface area contributed by atoms with Gasteiger partial charge in [-0.15, -0.1) is 11.6 Å². The van der Waals surface area contributed by atoms with E-state index in [1.165, 1.54) is 12.8 Å². The molecule has 0 N–H and O–H groups in total. The van der Waals surface area contributed by atoms with Crippen molar-refractivity contribution in [2.24, 2.45) is 5.92 Å². The Labute approximate surface area is 107 Å². The van der Waals surface area contributed by atoms with Gasteiger partial charge in [-0.3, -0.25) is 9.78 Å². The summed E-state index contributed by atoms with van der Waals surface area (Å²) in [5, 5.41) is 0. The number of rotatable bonds is 5. The normalized spacial score (nSPS) is 14.7. The number of carbonyl (C=O) groups excluding carboxylic acids is 1. The number of alkyl halides is 1. The van der Waals surface area contributed by atoms with Crippen LogP contribution in [0, 0.1) is 12.8 Å². The molecule has 1 heterocycles. The molecular formula is C13H17ClN2O. The summed E-state index contributed by atoms with van der Waals surface area (Å²) in [6.45, 7) is 3.41. The van der Waals surface area contributed by atoms with Crippen LogP contribution in [0.25, 0.3) is 0 Å². The minimum atomic E-state index is 0.0131. The van der Waals surface area contributed by atoms with Crippen molar-refractivity contribution in [2.45, 2.75) is 26.3 Å². The first-order chi connectivity index (χ1) is 8.19. The summed E-state index contributed by atoms with van der Waals surface area (Å²) in [5.74, 6) is 0.756. The zero-order valence-corrected chi connectivity index (χ0v) is 10.8. The Hall–Kier alpha value is -1.09. The van der Waals surface area contributed by atoms with Crippen LogP contribution in [0.1, 0.15) is 24.1 Å². The van der Waals surface area contributed by atoms with Gasteiger partial charge in [0.25, 0.3) is 0 Å². The molecule has 92 valence electrons. The molecule has 0 aromatic carbocycles. The molecule has 4 heteroatoms. The van der Waals surface area contributed by atoms with E-state index in [9.17, 15) is 4.79 Å². The minimum Gasteiger partial charge on any atom is -0.337 e. The van der Waals surface area contributed by atoms with Gasteiger partial charge in [0, 0.05) is 25.0 Å². The lowest BCUT2D eigenvalue weighted by molar-refractivity contribution is -0.129. The second-order valence-corrected chi connectivity index (χ2v) is 4.93. The van der Waals surface area contributed by atoms with Crippen molar-refractivity contribution in [1.82, 2.24) is 9.88 Å². The summed E-state index contributed by atoms with van der Waals surface area (Å²) in [7, 11) is 0. The second kappa shape index (κ2) is 5.50. The Balaban J connectivity index is 2.00. The molecule has 17 heavy (non-hydrogen) atoms. The molecular weight excluding hydrogens is 236 g/mol. The maximum Gasteiger partial charge on any atom is 0.237 e. The molecule has 0 bridgehead atoms. The standard InChI is InChI=1S/C13H17ClN2O/c1-10-2-3-12(7-15-10)9-16(13(17)6-14)8-11-4-5-11/h2-3,7,11H,4-6,8-9H2,1H3. The molecule has 1 fully saturated rings. The average Bonchev–Trinajstić information content (AvgIpc) is 3.14. The molecule has 1 amide bonds.